The molecule has 0 unspecified atom stereocenters. The predicted molar refractivity (Wildman–Crippen MR) is 121 cm³/mol. The summed E-state index contributed by atoms with van der Waals surface area (Å²) in [6.07, 6.45) is 1.94. The number of methoxy groups -OCH3 is 1. The summed E-state index contributed by atoms with van der Waals surface area (Å²) in [5.41, 5.74) is 4.31. The highest BCUT2D eigenvalue weighted by Crippen LogP contribution is 2.23. The molecule has 1 aliphatic heterocycles. The Kier molecular flexibility index (Phi) is 6.11. The second-order valence-corrected chi connectivity index (χ2v) is 8.68. The molecule has 0 bridgehead atoms. The summed E-state index contributed by atoms with van der Waals surface area (Å²) in [4.78, 5) is 15.1. The number of rotatable bonds is 6. The van der Waals surface area contributed by atoms with E-state index in [1.165, 1.54) is 17.1 Å². The first kappa shape index (κ1) is 19.9. The molecule has 5 nitrogen and oxygen atoms in total. The van der Waals surface area contributed by atoms with Gasteiger partial charge in [-0.2, -0.15) is 11.8 Å². The number of ether oxygens (including phenoxy) is 1. The lowest BCUT2D eigenvalue weighted by molar-refractivity contribution is -0.116. The van der Waals surface area contributed by atoms with Gasteiger partial charge in [-0.05, 0) is 48.4 Å². The molecular formula is C23H27N3O2S. The third-order valence-corrected chi connectivity index (χ3v) is 6.31. The molecule has 4 rings (SSSR count). The maximum atomic E-state index is 12.6. The summed E-state index contributed by atoms with van der Waals surface area (Å²) < 4.78 is 7.23. The van der Waals surface area contributed by atoms with E-state index in [0.29, 0.717) is 0 Å². The Hall–Kier alpha value is -2.44. The molecule has 1 aliphatic rings. The first-order valence-corrected chi connectivity index (χ1v) is 11.1. The Morgan fingerprint density at radius 1 is 1.14 bits per heavy atom. The largest absolute Gasteiger partial charge is 0.497 e. The van der Waals surface area contributed by atoms with Crippen LogP contribution in [-0.2, 0) is 17.9 Å². The summed E-state index contributed by atoms with van der Waals surface area (Å²) in [7, 11) is 1.66. The molecule has 1 fully saturated rings. The van der Waals surface area contributed by atoms with Crippen LogP contribution in [0.4, 0.5) is 5.69 Å². The number of nitrogens with zero attached hydrogens (tertiary/aromatic N) is 2. The molecule has 6 heteroatoms. The molecule has 2 heterocycles. The van der Waals surface area contributed by atoms with Crippen molar-refractivity contribution in [3.63, 3.8) is 0 Å². The molecule has 29 heavy (non-hydrogen) atoms. The van der Waals surface area contributed by atoms with Crippen LogP contribution in [0.5, 0.6) is 5.75 Å². The van der Waals surface area contributed by atoms with Crippen LogP contribution in [0.25, 0.3) is 10.9 Å². The van der Waals surface area contributed by atoms with Gasteiger partial charge < -0.3 is 14.6 Å². The molecule has 1 N–H and O–H groups in total. The fraction of sp³-hybridized carbons (Fsp3) is 0.348. The van der Waals surface area contributed by atoms with Crippen molar-refractivity contribution in [1.82, 2.24) is 9.47 Å². The molecule has 1 saturated heterocycles. The number of amides is 1. The number of fused-ring (bicyclic) bond motifs is 1. The van der Waals surface area contributed by atoms with Crippen LogP contribution in [0.2, 0.25) is 0 Å². The Balaban J connectivity index is 1.40. The fourth-order valence-electron chi connectivity index (χ4n) is 3.77. The van der Waals surface area contributed by atoms with Crippen molar-refractivity contribution in [2.45, 2.75) is 20.0 Å². The van der Waals surface area contributed by atoms with E-state index in [2.05, 4.69) is 29.3 Å². The normalized spacial score (nSPS) is 14.8. The highest BCUT2D eigenvalue weighted by molar-refractivity contribution is 7.99. The van der Waals surface area contributed by atoms with Crippen molar-refractivity contribution in [2.75, 3.05) is 37.0 Å². The van der Waals surface area contributed by atoms with Gasteiger partial charge in [-0.25, -0.2) is 0 Å². The van der Waals surface area contributed by atoms with E-state index in [-0.39, 0.29) is 12.5 Å². The number of carbonyl (C=O) groups is 1. The van der Waals surface area contributed by atoms with Gasteiger partial charge in [0.1, 0.15) is 12.3 Å². The van der Waals surface area contributed by atoms with Gasteiger partial charge in [-0.1, -0.05) is 12.1 Å². The fourth-order valence-corrected chi connectivity index (χ4v) is 4.75. The number of benzene rings is 2. The molecule has 0 saturated carbocycles. The van der Waals surface area contributed by atoms with Crippen LogP contribution in [0.1, 0.15) is 11.1 Å². The Labute approximate surface area is 176 Å². The minimum atomic E-state index is -0.0257. The third kappa shape index (κ3) is 4.77. The molecule has 0 spiro atoms. The van der Waals surface area contributed by atoms with Crippen LogP contribution >= 0.6 is 11.8 Å². The van der Waals surface area contributed by atoms with Gasteiger partial charge in [0.15, 0.2) is 0 Å². The van der Waals surface area contributed by atoms with Crippen LogP contribution in [-0.4, -0.2) is 47.1 Å². The number of thioether (sulfide) groups is 1. The molecule has 2 aromatic carbocycles. The molecule has 1 amide bonds. The zero-order chi connectivity index (χ0) is 20.2. The molecule has 3 aromatic rings. The first-order chi connectivity index (χ1) is 14.1. The lowest BCUT2D eigenvalue weighted by Gasteiger charge is -2.26. The van der Waals surface area contributed by atoms with Crippen molar-refractivity contribution in [2.24, 2.45) is 0 Å². The number of aromatic nitrogens is 1. The second-order valence-electron chi connectivity index (χ2n) is 7.45. The van der Waals surface area contributed by atoms with Crippen LogP contribution in [0.15, 0.2) is 48.7 Å². The Morgan fingerprint density at radius 3 is 2.72 bits per heavy atom. The van der Waals surface area contributed by atoms with Gasteiger partial charge in [0, 0.05) is 53.9 Å². The minimum Gasteiger partial charge on any atom is -0.497 e. The summed E-state index contributed by atoms with van der Waals surface area (Å²) in [6, 6.07) is 14.2. The lowest BCUT2D eigenvalue weighted by atomic mass is 10.1. The smallest absolute Gasteiger partial charge is 0.244 e. The van der Waals surface area contributed by atoms with E-state index < -0.39 is 0 Å². The first-order valence-electron chi connectivity index (χ1n) is 9.95. The molecule has 1 aromatic heterocycles. The molecule has 0 radical (unpaired) electrons. The van der Waals surface area contributed by atoms with Gasteiger partial charge in [-0.15, -0.1) is 0 Å². The summed E-state index contributed by atoms with van der Waals surface area (Å²) in [5.74, 6) is 3.23. The Morgan fingerprint density at radius 2 is 1.97 bits per heavy atom. The number of anilines is 1. The number of carbonyl (C=O) groups excluding carboxylic acids is 1. The minimum absolute atomic E-state index is 0.0257. The Bertz CT molecular complexity index is 1010. The third-order valence-electron chi connectivity index (χ3n) is 5.37. The van der Waals surface area contributed by atoms with E-state index in [1.807, 2.05) is 52.9 Å². The molecule has 152 valence electrons. The van der Waals surface area contributed by atoms with Crippen molar-refractivity contribution >= 4 is 34.3 Å². The van der Waals surface area contributed by atoms with E-state index in [1.54, 1.807) is 7.11 Å². The maximum absolute atomic E-state index is 12.6. The zero-order valence-electron chi connectivity index (χ0n) is 17.0. The number of aryl methyl sites for hydroxylation is 1. The topological polar surface area (TPSA) is 46.5 Å². The van der Waals surface area contributed by atoms with Crippen molar-refractivity contribution in [3.8, 4) is 5.75 Å². The van der Waals surface area contributed by atoms with Gasteiger partial charge in [0.05, 0.1) is 7.11 Å². The van der Waals surface area contributed by atoms with Gasteiger partial charge in [0.2, 0.25) is 5.91 Å². The summed E-state index contributed by atoms with van der Waals surface area (Å²) in [6.45, 7) is 5.62. The van der Waals surface area contributed by atoms with E-state index in [0.717, 1.165) is 47.5 Å². The van der Waals surface area contributed by atoms with Gasteiger partial charge >= 0.3 is 0 Å². The molecular weight excluding hydrogens is 382 g/mol. The average Bonchev–Trinajstić information content (AvgIpc) is 3.12. The van der Waals surface area contributed by atoms with Crippen molar-refractivity contribution in [3.05, 3.63) is 59.8 Å². The van der Waals surface area contributed by atoms with Gasteiger partial charge in [0.25, 0.3) is 0 Å². The van der Waals surface area contributed by atoms with Crippen LogP contribution in [0, 0.1) is 6.92 Å². The quantitative estimate of drug-likeness (QED) is 0.665. The predicted octanol–water partition coefficient (Wildman–Crippen LogP) is 4.15. The highest BCUT2D eigenvalue weighted by atomic mass is 32.2. The van der Waals surface area contributed by atoms with Crippen molar-refractivity contribution < 1.29 is 9.53 Å². The maximum Gasteiger partial charge on any atom is 0.244 e. The SMILES string of the molecule is COc1ccc2c(ccn2CC(=O)Nc2ccc(CN3CCSCC3)cc2C)c1. The summed E-state index contributed by atoms with van der Waals surface area (Å²) in [5, 5.41) is 4.13. The zero-order valence-corrected chi connectivity index (χ0v) is 17.8. The van der Waals surface area contributed by atoms with Crippen LogP contribution in [0.3, 0.4) is 0 Å². The summed E-state index contributed by atoms with van der Waals surface area (Å²) >= 11 is 2.03. The number of hydrogen-bond acceptors (Lipinski definition) is 4. The average molecular weight is 410 g/mol. The van der Waals surface area contributed by atoms with Crippen LogP contribution < -0.4 is 10.1 Å². The van der Waals surface area contributed by atoms with E-state index in [9.17, 15) is 4.79 Å². The highest BCUT2D eigenvalue weighted by Gasteiger charge is 2.12. The van der Waals surface area contributed by atoms with E-state index in [4.69, 9.17) is 4.74 Å². The monoisotopic (exact) mass is 409 g/mol. The molecule has 0 atom stereocenters. The number of nitrogens with one attached hydrogen (secondary N) is 1. The number of hydrogen-bond donors (Lipinski definition) is 1. The lowest BCUT2D eigenvalue weighted by Crippen LogP contribution is -2.31. The molecule has 0 aliphatic carbocycles. The second kappa shape index (κ2) is 8.93. The van der Waals surface area contributed by atoms with Crippen molar-refractivity contribution in [1.29, 1.82) is 0 Å². The van der Waals surface area contributed by atoms with E-state index >= 15 is 0 Å². The van der Waals surface area contributed by atoms with Gasteiger partial charge in [-0.3, -0.25) is 9.69 Å². The standard InChI is InChI=1S/C23H27N3O2S/c1-17-13-18(15-25-9-11-29-12-10-25)3-5-21(17)24-23(27)16-26-8-7-19-14-20(28-2)4-6-22(19)26/h3-8,13-14H,9-12,15-16H2,1-2H3,(H,24,27).